The maximum Gasteiger partial charge on any atom is 0.182 e. The van der Waals surface area contributed by atoms with E-state index in [-0.39, 0.29) is 17.0 Å². The average molecular weight is 361 g/mol. The van der Waals surface area contributed by atoms with Gasteiger partial charge in [-0.25, -0.2) is 23.1 Å². The third-order valence-electron chi connectivity index (χ3n) is 4.30. The van der Waals surface area contributed by atoms with E-state index in [0.717, 1.165) is 6.42 Å². The van der Waals surface area contributed by atoms with E-state index in [9.17, 15) is 13.2 Å². The van der Waals surface area contributed by atoms with Crippen molar-refractivity contribution in [1.29, 1.82) is 0 Å². The summed E-state index contributed by atoms with van der Waals surface area (Å²) in [6, 6.07) is 1.33. The van der Waals surface area contributed by atoms with Crippen molar-refractivity contribution in [2.75, 3.05) is 0 Å². The molecule has 5 nitrogen and oxygen atoms in total. The largest absolute Gasteiger partial charge is 0.231 e. The minimum atomic E-state index is -0.978. The van der Waals surface area contributed by atoms with Crippen molar-refractivity contribution in [1.82, 2.24) is 25.4 Å². The number of aryl methyl sites for hydroxylation is 1. The standard InChI is InChI=1S/C18H18F3N5/c1-4-9(2)5-14-16(17-12(20)6-11(19)7-13(17)21)10(3)23-18(24-14)15-8-22-26-25-15/h6-9H,4-5H2,1-3H3,(H,22,25,26). The molecule has 1 aromatic carbocycles. The van der Waals surface area contributed by atoms with Crippen LogP contribution >= 0.6 is 0 Å². The number of nitrogens with one attached hydrogen (secondary N) is 1. The van der Waals surface area contributed by atoms with E-state index in [2.05, 4.69) is 25.4 Å². The van der Waals surface area contributed by atoms with Crippen LogP contribution in [0.5, 0.6) is 0 Å². The Morgan fingerprint density at radius 2 is 1.77 bits per heavy atom. The summed E-state index contributed by atoms with van der Waals surface area (Å²) in [5, 5.41) is 10.2. The molecule has 1 atom stereocenters. The number of aromatic nitrogens is 5. The molecule has 2 aromatic heterocycles. The van der Waals surface area contributed by atoms with E-state index in [1.54, 1.807) is 6.92 Å². The van der Waals surface area contributed by atoms with Crippen molar-refractivity contribution >= 4 is 0 Å². The molecule has 0 saturated heterocycles. The molecule has 8 heteroatoms. The van der Waals surface area contributed by atoms with Crippen LogP contribution in [0.4, 0.5) is 13.2 Å². The maximum absolute atomic E-state index is 14.4. The lowest BCUT2D eigenvalue weighted by molar-refractivity contribution is 0.541. The highest BCUT2D eigenvalue weighted by molar-refractivity contribution is 5.71. The quantitative estimate of drug-likeness (QED) is 0.738. The van der Waals surface area contributed by atoms with E-state index in [0.29, 0.717) is 41.5 Å². The number of H-pyrrole nitrogens is 1. The lowest BCUT2D eigenvalue weighted by Gasteiger charge is -2.17. The predicted molar refractivity (Wildman–Crippen MR) is 90.6 cm³/mol. The van der Waals surface area contributed by atoms with Crippen molar-refractivity contribution in [3.05, 3.63) is 47.2 Å². The average Bonchev–Trinajstić information content (AvgIpc) is 3.10. The highest BCUT2D eigenvalue weighted by Crippen LogP contribution is 2.33. The highest BCUT2D eigenvalue weighted by Gasteiger charge is 2.23. The van der Waals surface area contributed by atoms with Crippen molar-refractivity contribution in [2.45, 2.75) is 33.6 Å². The summed E-state index contributed by atoms with van der Waals surface area (Å²) >= 11 is 0. The van der Waals surface area contributed by atoms with E-state index >= 15 is 0 Å². The summed E-state index contributed by atoms with van der Waals surface area (Å²) in [4.78, 5) is 8.81. The van der Waals surface area contributed by atoms with Crippen LogP contribution in [0.15, 0.2) is 18.3 Å². The first-order valence-electron chi connectivity index (χ1n) is 8.29. The molecule has 0 aliphatic heterocycles. The van der Waals surface area contributed by atoms with Gasteiger partial charge in [-0.15, -0.1) is 0 Å². The number of aromatic amines is 1. The second kappa shape index (κ2) is 7.23. The molecule has 136 valence electrons. The van der Waals surface area contributed by atoms with Gasteiger partial charge in [0.15, 0.2) is 5.82 Å². The van der Waals surface area contributed by atoms with Crippen LogP contribution in [0.1, 0.15) is 31.7 Å². The summed E-state index contributed by atoms with van der Waals surface area (Å²) in [6.45, 7) is 5.69. The van der Waals surface area contributed by atoms with Gasteiger partial charge in [0.05, 0.1) is 17.5 Å². The molecule has 0 saturated carbocycles. The molecule has 26 heavy (non-hydrogen) atoms. The van der Waals surface area contributed by atoms with Gasteiger partial charge in [0.2, 0.25) is 0 Å². The van der Waals surface area contributed by atoms with Gasteiger partial charge in [0.25, 0.3) is 0 Å². The predicted octanol–water partition coefficient (Wildman–Crippen LogP) is 4.24. The summed E-state index contributed by atoms with van der Waals surface area (Å²) in [5.41, 5.74) is 1.27. The highest BCUT2D eigenvalue weighted by atomic mass is 19.1. The first-order chi connectivity index (χ1) is 12.4. The van der Waals surface area contributed by atoms with Gasteiger partial charge in [0, 0.05) is 23.4 Å². The Bertz CT molecular complexity index is 902. The Hall–Kier alpha value is -2.77. The Morgan fingerprint density at radius 3 is 2.35 bits per heavy atom. The summed E-state index contributed by atoms with van der Waals surface area (Å²) in [7, 11) is 0. The second-order valence-electron chi connectivity index (χ2n) is 6.27. The normalized spacial score (nSPS) is 12.4. The molecule has 3 aromatic rings. The molecule has 0 fully saturated rings. The molecule has 2 heterocycles. The number of rotatable bonds is 5. The van der Waals surface area contributed by atoms with Gasteiger partial charge in [-0.05, 0) is 19.3 Å². The fraction of sp³-hybridized carbons (Fsp3) is 0.333. The first-order valence-corrected chi connectivity index (χ1v) is 8.29. The first kappa shape index (κ1) is 18.0. The molecule has 0 aliphatic rings. The molecule has 0 spiro atoms. The van der Waals surface area contributed by atoms with Crippen molar-refractivity contribution in [3.63, 3.8) is 0 Å². The van der Waals surface area contributed by atoms with Gasteiger partial charge in [-0.1, -0.05) is 20.3 Å². The Labute approximate surface area is 148 Å². The van der Waals surface area contributed by atoms with Crippen LogP contribution in [0.2, 0.25) is 0 Å². The van der Waals surface area contributed by atoms with E-state index in [1.807, 2.05) is 13.8 Å². The lowest BCUT2D eigenvalue weighted by atomic mass is 9.94. The van der Waals surface area contributed by atoms with Gasteiger partial charge < -0.3 is 0 Å². The number of benzene rings is 1. The molecule has 0 amide bonds. The van der Waals surface area contributed by atoms with E-state index in [4.69, 9.17) is 0 Å². The third-order valence-corrected chi connectivity index (χ3v) is 4.30. The molecule has 3 rings (SSSR count). The van der Waals surface area contributed by atoms with Crippen LogP contribution in [-0.4, -0.2) is 25.4 Å². The number of hydrogen-bond acceptors (Lipinski definition) is 4. The molecular formula is C18H18F3N5. The zero-order valence-electron chi connectivity index (χ0n) is 14.6. The molecule has 0 bridgehead atoms. The molecular weight excluding hydrogens is 343 g/mol. The third kappa shape index (κ3) is 3.44. The zero-order chi connectivity index (χ0) is 18.8. The molecule has 1 N–H and O–H groups in total. The minimum absolute atomic E-state index is 0.236. The Kier molecular flexibility index (Phi) is 5.01. The van der Waals surface area contributed by atoms with Gasteiger partial charge in [-0.3, -0.25) is 0 Å². The Morgan fingerprint density at radius 1 is 1.08 bits per heavy atom. The second-order valence-corrected chi connectivity index (χ2v) is 6.27. The molecule has 0 aliphatic carbocycles. The summed E-state index contributed by atoms with van der Waals surface area (Å²) < 4.78 is 42.1. The van der Waals surface area contributed by atoms with E-state index in [1.165, 1.54) is 6.20 Å². The van der Waals surface area contributed by atoms with Gasteiger partial charge in [0.1, 0.15) is 23.1 Å². The molecule has 0 radical (unpaired) electrons. The summed E-state index contributed by atoms with van der Waals surface area (Å²) in [6.07, 6.45) is 2.84. The smallest absolute Gasteiger partial charge is 0.182 e. The lowest BCUT2D eigenvalue weighted by Crippen LogP contribution is -2.09. The minimum Gasteiger partial charge on any atom is -0.231 e. The van der Waals surface area contributed by atoms with Crippen LogP contribution in [-0.2, 0) is 6.42 Å². The zero-order valence-corrected chi connectivity index (χ0v) is 14.6. The Balaban J connectivity index is 2.24. The number of halogens is 3. The monoisotopic (exact) mass is 361 g/mol. The van der Waals surface area contributed by atoms with Crippen LogP contribution in [0.25, 0.3) is 22.6 Å². The van der Waals surface area contributed by atoms with E-state index < -0.39 is 17.5 Å². The number of hydrogen-bond donors (Lipinski definition) is 1. The maximum atomic E-state index is 14.4. The van der Waals surface area contributed by atoms with Crippen molar-refractivity contribution in [2.24, 2.45) is 5.92 Å². The van der Waals surface area contributed by atoms with Gasteiger partial charge in [-0.2, -0.15) is 15.4 Å². The molecule has 1 unspecified atom stereocenters. The topological polar surface area (TPSA) is 67.3 Å². The van der Waals surface area contributed by atoms with Crippen molar-refractivity contribution in [3.8, 4) is 22.6 Å². The fourth-order valence-electron chi connectivity index (χ4n) is 2.78. The van der Waals surface area contributed by atoms with Crippen LogP contribution < -0.4 is 0 Å². The number of nitrogens with zero attached hydrogens (tertiary/aromatic N) is 4. The van der Waals surface area contributed by atoms with Crippen LogP contribution in [0.3, 0.4) is 0 Å². The van der Waals surface area contributed by atoms with Crippen molar-refractivity contribution < 1.29 is 13.2 Å². The SMILES string of the molecule is CCC(C)Cc1nc(-c2cn[nH]n2)nc(C)c1-c1c(F)cc(F)cc1F. The van der Waals surface area contributed by atoms with Crippen LogP contribution in [0, 0.1) is 30.3 Å². The summed E-state index contributed by atoms with van der Waals surface area (Å²) in [5.74, 6) is -2.37. The van der Waals surface area contributed by atoms with Gasteiger partial charge >= 0.3 is 0 Å². The fourth-order valence-corrected chi connectivity index (χ4v) is 2.78.